The number of carbonyl (C=O) groups is 1. The summed E-state index contributed by atoms with van der Waals surface area (Å²) in [6.45, 7) is 2.60. The monoisotopic (exact) mass is 419 g/mol. The number of amides is 1. The minimum absolute atomic E-state index is 0.186. The second kappa shape index (κ2) is 8.17. The minimum atomic E-state index is -4.69. The highest BCUT2D eigenvalue weighted by molar-refractivity contribution is 9.10. The van der Waals surface area contributed by atoms with Crippen LogP contribution in [0, 0.1) is 5.82 Å². The van der Waals surface area contributed by atoms with Gasteiger partial charge in [-0.05, 0) is 63.7 Å². The molecule has 2 aromatic rings. The Labute approximate surface area is 151 Å². The third-order valence-electron chi connectivity index (χ3n) is 4.01. The molecule has 0 aromatic heterocycles. The molecule has 2 aromatic carbocycles. The van der Waals surface area contributed by atoms with Gasteiger partial charge in [-0.3, -0.25) is 4.79 Å². The van der Waals surface area contributed by atoms with Crippen LogP contribution in [-0.4, -0.2) is 30.1 Å². The van der Waals surface area contributed by atoms with Crippen LogP contribution in [-0.2, 0) is 11.2 Å². The third-order valence-corrected chi connectivity index (χ3v) is 4.95. The Morgan fingerprint density at radius 1 is 1.16 bits per heavy atom. The van der Waals surface area contributed by atoms with Gasteiger partial charge < -0.3 is 4.90 Å². The topological polar surface area (TPSA) is 20.3 Å². The van der Waals surface area contributed by atoms with Crippen LogP contribution < -0.4 is 0 Å². The number of nitrogens with zero attached hydrogens (tertiary/aromatic N) is 1. The van der Waals surface area contributed by atoms with Crippen LogP contribution in [0.15, 0.2) is 34.8 Å². The van der Waals surface area contributed by atoms with E-state index in [-0.39, 0.29) is 18.9 Å². The van der Waals surface area contributed by atoms with E-state index < -0.39 is 12.1 Å². The van der Waals surface area contributed by atoms with E-state index in [4.69, 9.17) is 0 Å². The van der Waals surface area contributed by atoms with Gasteiger partial charge in [-0.1, -0.05) is 25.1 Å². The summed E-state index contributed by atoms with van der Waals surface area (Å²) in [5.74, 6) is -1.89. The number of likely N-dealkylation sites (tertiary alicyclic amines) is 1. The van der Waals surface area contributed by atoms with Gasteiger partial charge in [-0.25, -0.2) is 4.39 Å². The molecule has 1 heterocycles. The van der Waals surface area contributed by atoms with Gasteiger partial charge in [0, 0.05) is 17.6 Å². The normalized spacial score (nSPS) is 14.4. The molecule has 7 heteroatoms. The second-order valence-electron chi connectivity index (χ2n) is 5.75. The molecule has 136 valence electrons. The first kappa shape index (κ1) is 19.7. The van der Waals surface area contributed by atoms with Crippen LogP contribution in [0.25, 0.3) is 10.8 Å². The highest BCUT2D eigenvalue weighted by Crippen LogP contribution is 2.28. The molecule has 0 bridgehead atoms. The summed E-state index contributed by atoms with van der Waals surface area (Å²) >= 11 is 3.54. The molecule has 1 aliphatic rings. The summed E-state index contributed by atoms with van der Waals surface area (Å²) in [4.78, 5) is 11.3. The lowest BCUT2D eigenvalue weighted by Crippen LogP contribution is -2.39. The molecule has 1 aliphatic heterocycles. The Bertz CT molecular complexity index is 755. The molecule has 2 nitrogen and oxygen atoms in total. The Morgan fingerprint density at radius 3 is 2.36 bits per heavy atom. The fraction of sp³-hybridized carbons (Fsp3) is 0.389. The molecule has 0 spiro atoms. The maximum absolute atomic E-state index is 12.9. The van der Waals surface area contributed by atoms with Gasteiger partial charge in [0.25, 0.3) is 0 Å². The van der Waals surface area contributed by atoms with Crippen molar-refractivity contribution in [3.63, 3.8) is 0 Å². The minimum Gasteiger partial charge on any atom is -0.335 e. The molecule has 0 saturated carbocycles. The zero-order chi connectivity index (χ0) is 18.6. The summed E-state index contributed by atoms with van der Waals surface area (Å²) in [6, 6.07) is 8.86. The van der Waals surface area contributed by atoms with Gasteiger partial charge >= 0.3 is 12.1 Å². The van der Waals surface area contributed by atoms with Gasteiger partial charge in [0.2, 0.25) is 0 Å². The van der Waals surface area contributed by atoms with Crippen LogP contribution >= 0.6 is 15.9 Å². The second-order valence-corrected chi connectivity index (χ2v) is 6.55. The average Bonchev–Trinajstić information content (AvgIpc) is 3.08. The van der Waals surface area contributed by atoms with Gasteiger partial charge in [0.05, 0.1) is 0 Å². The smallest absolute Gasteiger partial charge is 0.335 e. The van der Waals surface area contributed by atoms with Crippen molar-refractivity contribution < 1.29 is 22.4 Å². The fourth-order valence-electron chi connectivity index (χ4n) is 2.68. The average molecular weight is 420 g/mol. The van der Waals surface area contributed by atoms with Crippen LogP contribution in [0.3, 0.4) is 0 Å². The summed E-state index contributed by atoms with van der Waals surface area (Å²) in [7, 11) is 0. The first-order valence-corrected chi connectivity index (χ1v) is 8.76. The molecular formula is C18H18BrF4NO. The van der Waals surface area contributed by atoms with Gasteiger partial charge in [0.1, 0.15) is 5.82 Å². The van der Waals surface area contributed by atoms with Gasteiger partial charge in [-0.2, -0.15) is 13.2 Å². The van der Waals surface area contributed by atoms with Crippen molar-refractivity contribution in [2.75, 3.05) is 13.1 Å². The number of hydrogen-bond acceptors (Lipinski definition) is 1. The van der Waals surface area contributed by atoms with Crippen molar-refractivity contribution in [2.24, 2.45) is 0 Å². The van der Waals surface area contributed by atoms with E-state index in [1.54, 1.807) is 6.07 Å². The number of benzene rings is 2. The van der Waals surface area contributed by atoms with Crippen LogP contribution in [0.5, 0.6) is 0 Å². The van der Waals surface area contributed by atoms with E-state index in [1.807, 2.05) is 18.2 Å². The van der Waals surface area contributed by atoms with Crippen molar-refractivity contribution in [1.29, 1.82) is 0 Å². The summed E-state index contributed by atoms with van der Waals surface area (Å²) < 4.78 is 49.1. The molecule has 1 saturated heterocycles. The standard InChI is InChI=1S/C12H10BrF.C6H8F3NO/c1-2-8-3-4-9-7-10(14)5-6-11(9)12(8)13;7-6(8,9)5(11)10-3-1-2-4-10/h3-7H,2H2,1H3;1-4H2. The van der Waals surface area contributed by atoms with Gasteiger partial charge in [-0.15, -0.1) is 0 Å². The summed E-state index contributed by atoms with van der Waals surface area (Å²) in [5.41, 5.74) is 1.25. The number of aryl methyl sites for hydroxylation is 1. The van der Waals surface area contributed by atoms with Crippen molar-refractivity contribution in [1.82, 2.24) is 4.90 Å². The molecule has 0 unspecified atom stereocenters. The first-order valence-electron chi connectivity index (χ1n) is 7.96. The van der Waals surface area contributed by atoms with Gasteiger partial charge in [0.15, 0.2) is 0 Å². The SMILES string of the molecule is CCc1ccc2cc(F)ccc2c1Br.O=C(N1CCCC1)C(F)(F)F. The lowest BCUT2D eigenvalue weighted by Gasteiger charge is -2.16. The van der Waals surface area contributed by atoms with Crippen LogP contribution in [0.1, 0.15) is 25.3 Å². The Morgan fingerprint density at radius 2 is 1.80 bits per heavy atom. The maximum atomic E-state index is 12.9. The molecule has 1 amide bonds. The zero-order valence-electron chi connectivity index (χ0n) is 13.7. The van der Waals surface area contributed by atoms with E-state index in [0.29, 0.717) is 12.8 Å². The molecular weight excluding hydrogens is 402 g/mol. The molecule has 1 fully saturated rings. The number of halogens is 5. The number of rotatable bonds is 1. The molecule has 25 heavy (non-hydrogen) atoms. The van der Waals surface area contributed by atoms with E-state index in [1.165, 1.54) is 11.6 Å². The van der Waals surface area contributed by atoms with E-state index in [0.717, 1.165) is 26.6 Å². The highest BCUT2D eigenvalue weighted by Gasteiger charge is 2.42. The Balaban J connectivity index is 0.000000186. The van der Waals surface area contributed by atoms with Crippen LogP contribution in [0.4, 0.5) is 17.6 Å². The first-order chi connectivity index (χ1) is 11.7. The number of fused-ring (bicyclic) bond motifs is 1. The lowest BCUT2D eigenvalue weighted by molar-refractivity contribution is -0.184. The summed E-state index contributed by atoms with van der Waals surface area (Å²) in [5, 5.41) is 2.01. The summed E-state index contributed by atoms with van der Waals surface area (Å²) in [6.07, 6.45) is -2.35. The fourth-order valence-corrected chi connectivity index (χ4v) is 3.45. The van der Waals surface area contributed by atoms with Crippen molar-refractivity contribution in [3.8, 4) is 0 Å². The highest BCUT2D eigenvalue weighted by atomic mass is 79.9. The maximum Gasteiger partial charge on any atom is 0.471 e. The molecule has 3 rings (SSSR count). The lowest BCUT2D eigenvalue weighted by atomic mass is 10.1. The Hall–Kier alpha value is -1.63. The molecule has 0 aliphatic carbocycles. The quantitative estimate of drug-likeness (QED) is 0.560. The predicted molar refractivity (Wildman–Crippen MR) is 92.9 cm³/mol. The van der Waals surface area contributed by atoms with Crippen molar-refractivity contribution in [2.45, 2.75) is 32.4 Å². The predicted octanol–water partition coefficient (Wildman–Crippen LogP) is 5.47. The Kier molecular flexibility index (Phi) is 6.43. The van der Waals surface area contributed by atoms with Crippen LogP contribution in [0.2, 0.25) is 0 Å². The van der Waals surface area contributed by atoms with E-state index in [9.17, 15) is 22.4 Å². The van der Waals surface area contributed by atoms with Crippen molar-refractivity contribution >= 4 is 32.6 Å². The van der Waals surface area contributed by atoms with E-state index in [2.05, 4.69) is 22.9 Å². The number of carbonyl (C=O) groups excluding carboxylic acids is 1. The zero-order valence-corrected chi connectivity index (χ0v) is 15.3. The molecule has 0 radical (unpaired) electrons. The number of hydrogen-bond donors (Lipinski definition) is 0. The third kappa shape index (κ3) is 4.93. The molecule has 0 N–H and O–H groups in total. The van der Waals surface area contributed by atoms with Crippen molar-refractivity contribution in [3.05, 3.63) is 46.2 Å². The largest absolute Gasteiger partial charge is 0.471 e. The van der Waals surface area contributed by atoms with E-state index >= 15 is 0 Å². The molecule has 0 atom stereocenters. The number of alkyl halides is 3.